The van der Waals surface area contributed by atoms with Crippen LogP contribution in [0.3, 0.4) is 0 Å². The highest BCUT2D eigenvalue weighted by atomic mass is 79.9. The molecular formula is C23H22BrN3O3. The Morgan fingerprint density at radius 3 is 2.87 bits per heavy atom. The first kappa shape index (κ1) is 19.4. The van der Waals surface area contributed by atoms with Crippen molar-refractivity contribution in [3.05, 3.63) is 58.2 Å². The summed E-state index contributed by atoms with van der Waals surface area (Å²) in [7, 11) is 0. The monoisotopic (exact) mass is 467 g/mol. The highest BCUT2D eigenvalue weighted by Gasteiger charge is 2.24. The highest BCUT2D eigenvalue weighted by Crippen LogP contribution is 2.35. The number of ether oxygens (including phenoxy) is 2. The average Bonchev–Trinajstić information content (AvgIpc) is 3.29. The number of aromatic amines is 1. The van der Waals surface area contributed by atoms with E-state index in [1.54, 1.807) is 0 Å². The molecule has 5 rings (SSSR count). The van der Waals surface area contributed by atoms with Crippen LogP contribution < -0.4 is 10.1 Å². The summed E-state index contributed by atoms with van der Waals surface area (Å²) in [6, 6.07) is 13.9. The Morgan fingerprint density at radius 1 is 1.13 bits per heavy atom. The minimum atomic E-state index is -0.0890. The summed E-state index contributed by atoms with van der Waals surface area (Å²) >= 11 is 3.48. The van der Waals surface area contributed by atoms with E-state index >= 15 is 0 Å². The lowest BCUT2D eigenvalue weighted by Crippen LogP contribution is -2.38. The van der Waals surface area contributed by atoms with E-state index in [1.807, 2.05) is 48.5 Å². The van der Waals surface area contributed by atoms with Gasteiger partial charge in [0.2, 0.25) is 0 Å². The molecule has 0 spiro atoms. The standard InChI is InChI=1S/C23H22BrN3O3/c24-16-1-3-22-19(13-16)20(23(28)26-22)14-17-11-15-12-18(2-4-21(15)25-17)30-10-7-27-5-8-29-9-6-27/h1-4,11-14,25H,5-10H2,(H,26,28)/b20-14+. The molecule has 0 radical (unpaired) electrons. The van der Waals surface area contributed by atoms with Crippen molar-refractivity contribution in [3.8, 4) is 5.75 Å². The number of fused-ring (bicyclic) bond motifs is 2. The number of nitrogens with one attached hydrogen (secondary N) is 2. The van der Waals surface area contributed by atoms with E-state index < -0.39 is 0 Å². The fourth-order valence-corrected chi connectivity index (χ4v) is 4.24. The number of halogens is 1. The first-order valence-electron chi connectivity index (χ1n) is 10.0. The molecule has 2 aromatic carbocycles. The normalized spacial score (nSPS) is 18.0. The summed E-state index contributed by atoms with van der Waals surface area (Å²) in [6.45, 7) is 5.08. The molecule has 2 aliphatic heterocycles. The third-order valence-corrected chi connectivity index (χ3v) is 5.95. The van der Waals surface area contributed by atoms with Gasteiger partial charge in [0, 0.05) is 52.0 Å². The van der Waals surface area contributed by atoms with Crippen molar-refractivity contribution in [2.45, 2.75) is 0 Å². The summed E-state index contributed by atoms with van der Waals surface area (Å²) in [5.41, 5.74) is 4.28. The zero-order chi connectivity index (χ0) is 20.5. The molecule has 1 fully saturated rings. The number of anilines is 1. The van der Waals surface area contributed by atoms with Gasteiger partial charge in [0.15, 0.2) is 0 Å². The molecule has 3 heterocycles. The Kier molecular flexibility index (Phi) is 5.33. The van der Waals surface area contributed by atoms with E-state index in [1.165, 1.54) is 0 Å². The third kappa shape index (κ3) is 4.01. The van der Waals surface area contributed by atoms with Gasteiger partial charge in [-0.25, -0.2) is 0 Å². The number of hydrogen-bond acceptors (Lipinski definition) is 4. The molecule has 1 amide bonds. The quantitative estimate of drug-likeness (QED) is 0.553. The maximum Gasteiger partial charge on any atom is 0.256 e. The number of carbonyl (C=O) groups excluding carboxylic acids is 1. The molecule has 6 nitrogen and oxygen atoms in total. The second kappa shape index (κ2) is 8.26. The van der Waals surface area contributed by atoms with Crippen LogP contribution in [-0.2, 0) is 9.53 Å². The number of morpholine rings is 1. The molecule has 154 valence electrons. The first-order chi connectivity index (χ1) is 14.7. The summed E-state index contributed by atoms with van der Waals surface area (Å²) in [5.74, 6) is 0.760. The molecule has 0 aliphatic carbocycles. The van der Waals surface area contributed by atoms with E-state index in [9.17, 15) is 4.79 Å². The Labute approximate surface area is 183 Å². The predicted molar refractivity (Wildman–Crippen MR) is 122 cm³/mol. The molecule has 0 unspecified atom stereocenters. The topological polar surface area (TPSA) is 66.6 Å². The zero-order valence-electron chi connectivity index (χ0n) is 16.4. The molecule has 1 saturated heterocycles. The fraction of sp³-hybridized carbons (Fsp3) is 0.261. The SMILES string of the molecule is O=C1Nc2ccc(Br)cc2/C1=C\c1cc2cc(OCCN3CCOCC3)ccc2[nH]1. The lowest BCUT2D eigenvalue weighted by Gasteiger charge is -2.26. The lowest BCUT2D eigenvalue weighted by molar-refractivity contribution is -0.110. The number of H-pyrrole nitrogens is 1. The van der Waals surface area contributed by atoms with E-state index in [4.69, 9.17) is 9.47 Å². The van der Waals surface area contributed by atoms with Crippen molar-refractivity contribution < 1.29 is 14.3 Å². The van der Waals surface area contributed by atoms with Crippen LogP contribution in [0.2, 0.25) is 0 Å². The second-order valence-corrected chi connectivity index (χ2v) is 8.39. The van der Waals surface area contributed by atoms with E-state index in [-0.39, 0.29) is 5.91 Å². The number of rotatable bonds is 5. The van der Waals surface area contributed by atoms with Crippen LogP contribution in [-0.4, -0.2) is 55.2 Å². The van der Waals surface area contributed by atoms with Gasteiger partial charge in [-0.05, 0) is 48.5 Å². The van der Waals surface area contributed by atoms with Crippen LogP contribution in [0.15, 0.2) is 46.9 Å². The Hall–Kier alpha value is -2.61. The van der Waals surface area contributed by atoms with Gasteiger partial charge in [-0.3, -0.25) is 9.69 Å². The predicted octanol–water partition coefficient (Wildman–Crippen LogP) is 4.13. The van der Waals surface area contributed by atoms with Gasteiger partial charge in [0.25, 0.3) is 5.91 Å². The number of amides is 1. The van der Waals surface area contributed by atoms with Crippen molar-refractivity contribution in [3.63, 3.8) is 0 Å². The van der Waals surface area contributed by atoms with E-state index in [2.05, 4.69) is 31.1 Å². The first-order valence-corrected chi connectivity index (χ1v) is 10.8. The molecule has 0 bridgehead atoms. The lowest BCUT2D eigenvalue weighted by atomic mass is 10.1. The molecule has 0 atom stereocenters. The maximum absolute atomic E-state index is 12.4. The second-order valence-electron chi connectivity index (χ2n) is 7.48. The van der Waals surface area contributed by atoms with Crippen LogP contribution >= 0.6 is 15.9 Å². The molecule has 7 heteroatoms. The average molecular weight is 468 g/mol. The van der Waals surface area contributed by atoms with Gasteiger partial charge >= 0.3 is 0 Å². The minimum Gasteiger partial charge on any atom is -0.492 e. The molecular weight excluding hydrogens is 446 g/mol. The van der Waals surface area contributed by atoms with Gasteiger partial charge in [0.1, 0.15) is 12.4 Å². The van der Waals surface area contributed by atoms with Crippen molar-refractivity contribution in [1.82, 2.24) is 9.88 Å². The van der Waals surface area contributed by atoms with Crippen LogP contribution in [0.25, 0.3) is 22.6 Å². The highest BCUT2D eigenvalue weighted by molar-refractivity contribution is 9.10. The van der Waals surface area contributed by atoms with E-state index in [0.29, 0.717) is 12.2 Å². The number of aromatic nitrogens is 1. The third-order valence-electron chi connectivity index (χ3n) is 5.46. The summed E-state index contributed by atoms with van der Waals surface area (Å²) in [4.78, 5) is 18.2. The summed E-state index contributed by atoms with van der Waals surface area (Å²) in [6.07, 6.45) is 1.90. The summed E-state index contributed by atoms with van der Waals surface area (Å²) < 4.78 is 12.3. The number of hydrogen-bond donors (Lipinski definition) is 2. The van der Waals surface area contributed by atoms with Gasteiger partial charge in [-0.1, -0.05) is 15.9 Å². The van der Waals surface area contributed by atoms with Crippen LogP contribution in [0.5, 0.6) is 5.75 Å². The maximum atomic E-state index is 12.4. The largest absolute Gasteiger partial charge is 0.492 e. The molecule has 30 heavy (non-hydrogen) atoms. The number of nitrogens with zero attached hydrogens (tertiary/aromatic N) is 1. The van der Waals surface area contributed by atoms with Crippen molar-refractivity contribution >= 4 is 50.1 Å². The van der Waals surface area contributed by atoms with Gasteiger partial charge < -0.3 is 19.8 Å². The van der Waals surface area contributed by atoms with Crippen molar-refractivity contribution in [2.75, 3.05) is 44.8 Å². The van der Waals surface area contributed by atoms with Crippen LogP contribution in [0.4, 0.5) is 5.69 Å². The van der Waals surface area contributed by atoms with Gasteiger partial charge in [0.05, 0.1) is 18.8 Å². The van der Waals surface area contributed by atoms with Crippen molar-refractivity contribution in [2.24, 2.45) is 0 Å². The van der Waals surface area contributed by atoms with Gasteiger partial charge in [-0.15, -0.1) is 0 Å². The Balaban J connectivity index is 1.33. The zero-order valence-corrected chi connectivity index (χ0v) is 18.0. The van der Waals surface area contributed by atoms with Gasteiger partial charge in [-0.2, -0.15) is 0 Å². The minimum absolute atomic E-state index is 0.0890. The van der Waals surface area contributed by atoms with E-state index in [0.717, 1.165) is 70.9 Å². The smallest absolute Gasteiger partial charge is 0.256 e. The molecule has 1 aromatic heterocycles. The molecule has 0 saturated carbocycles. The molecule has 3 aromatic rings. The Bertz CT molecular complexity index is 1130. The Morgan fingerprint density at radius 2 is 2.00 bits per heavy atom. The molecule has 2 aliphatic rings. The number of benzene rings is 2. The van der Waals surface area contributed by atoms with Crippen LogP contribution in [0.1, 0.15) is 11.3 Å². The number of carbonyl (C=O) groups is 1. The van der Waals surface area contributed by atoms with Crippen molar-refractivity contribution in [1.29, 1.82) is 0 Å². The summed E-state index contributed by atoms with van der Waals surface area (Å²) in [5, 5.41) is 3.97. The fourth-order valence-electron chi connectivity index (χ4n) is 3.88. The van der Waals surface area contributed by atoms with Crippen LogP contribution in [0, 0.1) is 0 Å². The molecule has 2 N–H and O–H groups in total.